The Morgan fingerprint density at radius 1 is 1.28 bits per heavy atom. The molecule has 1 saturated carbocycles. The van der Waals surface area contributed by atoms with E-state index >= 15 is 0 Å². The molecule has 5 nitrogen and oxygen atoms in total. The molecular weight excluding hydrogens is 372 g/mol. The molecule has 25 heavy (non-hydrogen) atoms. The highest BCUT2D eigenvalue weighted by Gasteiger charge is 2.38. The van der Waals surface area contributed by atoms with Crippen LogP contribution in [-0.4, -0.2) is 32.2 Å². The highest BCUT2D eigenvalue weighted by molar-refractivity contribution is 8.18. The smallest absolute Gasteiger partial charge is 0.267 e. The summed E-state index contributed by atoms with van der Waals surface area (Å²) < 4.78 is 0. The molecule has 1 amide bonds. The molecule has 0 aromatic carbocycles. The van der Waals surface area contributed by atoms with Gasteiger partial charge in [-0.25, -0.2) is 0 Å². The average molecular weight is 391 g/mol. The van der Waals surface area contributed by atoms with Crippen molar-refractivity contribution in [2.45, 2.75) is 45.1 Å². The molecule has 0 bridgehead atoms. The molecule has 3 heterocycles. The number of amidine groups is 1. The van der Waals surface area contributed by atoms with E-state index in [0.717, 1.165) is 32.8 Å². The summed E-state index contributed by atoms with van der Waals surface area (Å²) in [4.78, 5) is 21.5. The minimum absolute atomic E-state index is 0.0743. The summed E-state index contributed by atoms with van der Waals surface area (Å²) >= 11 is 4.55. The summed E-state index contributed by atoms with van der Waals surface area (Å²) in [7, 11) is 0. The molecule has 0 atom stereocenters. The first-order valence-electron chi connectivity index (χ1n) is 8.36. The number of aromatic nitrogens is 2. The first-order chi connectivity index (χ1) is 12.2. The van der Waals surface area contributed by atoms with Gasteiger partial charge in [0.2, 0.25) is 5.13 Å². The number of hydrogen-bond donors (Lipinski definition) is 0. The van der Waals surface area contributed by atoms with Gasteiger partial charge in [0, 0.05) is 10.9 Å². The van der Waals surface area contributed by atoms with Crippen LogP contribution in [0.25, 0.3) is 6.08 Å². The molecule has 130 valence electrons. The standard InChI is InChI=1S/C17H18N4OS3/c1-11-19-20-16(24-11)18-17-21(12-6-3-2-4-7-12)15(22)14(25-17)10-13-8-5-9-23-13/h5,8-10,12H,2-4,6-7H2,1H3/b14-10+,18-17+. The Labute approximate surface area is 158 Å². The van der Waals surface area contributed by atoms with E-state index in [9.17, 15) is 4.79 Å². The van der Waals surface area contributed by atoms with E-state index in [0.29, 0.717) is 5.13 Å². The van der Waals surface area contributed by atoms with Crippen LogP contribution in [0.2, 0.25) is 0 Å². The monoisotopic (exact) mass is 390 g/mol. The number of thioether (sulfide) groups is 1. The number of rotatable bonds is 3. The van der Waals surface area contributed by atoms with Gasteiger partial charge in [0.25, 0.3) is 5.91 Å². The summed E-state index contributed by atoms with van der Waals surface area (Å²) in [5.74, 6) is 0.0743. The molecule has 2 aromatic heterocycles. The lowest BCUT2D eigenvalue weighted by molar-refractivity contribution is -0.124. The van der Waals surface area contributed by atoms with Crippen LogP contribution in [0, 0.1) is 6.92 Å². The molecule has 0 radical (unpaired) electrons. The van der Waals surface area contributed by atoms with Gasteiger partial charge in [-0.3, -0.25) is 9.69 Å². The molecule has 1 saturated heterocycles. The summed E-state index contributed by atoms with van der Waals surface area (Å²) in [5, 5.41) is 12.4. The predicted molar refractivity (Wildman–Crippen MR) is 105 cm³/mol. The van der Waals surface area contributed by atoms with Crippen molar-refractivity contribution in [2.24, 2.45) is 4.99 Å². The third kappa shape index (κ3) is 3.70. The van der Waals surface area contributed by atoms with Crippen LogP contribution in [0.15, 0.2) is 27.4 Å². The maximum atomic E-state index is 13.1. The SMILES string of the molecule is Cc1nnc(/N=C2/S/C(=C/c3cccs3)C(=O)N2C2CCCCC2)s1. The molecule has 0 spiro atoms. The molecule has 1 aliphatic heterocycles. The number of nitrogens with zero attached hydrogens (tertiary/aromatic N) is 4. The van der Waals surface area contributed by atoms with Crippen molar-refractivity contribution in [2.75, 3.05) is 0 Å². The fraction of sp³-hybridized carbons (Fsp3) is 0.412. The lowest BCUT2D eigenvalue weighted by Crippen LogP contribution is -2.40. The molecule has 0 N–H and O–H groups in total. The van der Waals surface area contributed by atoms with E-state index in [1.807, 2.05) is 35.4 Å². The Balaban J connectivity index is 1.68. The Hall–Kier alpha value is -1.51. The fourth-order valence-electron chi connectivity index (χ4n) is 3.14. The number of aliphatic imine (C=N–C) groups is 1. The van der Waals surface area contributed by atoms with Gasteiger partial charge in [-0.05, 0) is 49.0 Å². The van der Waals surface area contributed by atoms with Crippen molar-refractivity contribution in [1.82, 2.24) is 15.1 Å². The molecule has 4 rings (SSSR count). The largest absolute Gasteiger partial charge is 0.283 e. The first-order valence-corrected chi connectivity index (χ1v) is 10.9. The van der Waals surface area contributed by atoms with E-state index in [1.54, 1.807) is 11.3 Å². The number of amides is 1. The van der Waals surface area contributed by atoms with Crippen molar-refractivity contribution >= 4 is 56.7 Å². The first kappa shape index (κ1) is 16.9. The minimum atomic E-state index is 0.0743. The van der Waals surface area contributed by atoms with Gasteiger partial charge in [0.05, 0.1) is 4.91 Å². The third-order valence-electron chi connectivity index (χ3n) is 4.30. The maximum absolute atomic E-state index is 13.1. The predicted octanol–water partition coefficient (Wildman–Crippen LogP) is 4.84. The van der Waals surface area contributed by atoms with Crippen LogP contribution in [0.5, 0.6) is 0 Å². The van der Waals surface area contributed by atoms with Gasteiger partial charge in [0.15, 0.2) is 5.17 Å². The van der Waals surface area contributed by atoms with E-state index in [1.165, 1.54) is 42.4 Å². The zero-order valence-electron chi connectivity index (χ0n) is 13.8. The van der Waals surface area contributed by atoms with Crippen LogP contribution in [0.3, 0.4) is 0 Å². The van der Waals surface area contributed by atoms with Crippen molar-refractivity contribution in [1.29, 1.82) is 0 Å². The van der Waals surface area contributed by atoms with Crippen LogP contribution in [0.4, 0.5) is 5.13 Å². The quantitative estimate of drug-likeness (QED) is 0.703. The van der Waals surface area contributed by atoms with E-state index < -0.39 is 0 Å². The summed E-state index contributed by atoms with van der Waals surface area (Å²) in [6.45, 7) is 1.91. The second kappa shape index (κ2) is 7.39. The third-order valence-corrected chi connectivity index (χ3v) is 6.83. The highest BCUT2D eigenvalue weighted by Crippen LogP contribution is 2.39. The highest BCUT2D eigenvalue weighted by atomic mass is 32.2. The van der Waals surface area contributed by atoms with Crippen LogP contribution in [-0.2, 0) is 4.79 Å². The van der Waals surface area contributed by atoms with Crippen LogP contribution in [0.1, 0.15) is 42.0 Å². The van der Waals surface area contributed by atoms with Gasteiger partial charge in [-0.2, -0.15) is 4.99 Å². The minimum Gasteiger partial charge on any atom is -0.283 e. The average Bonchev–Trinajstić information content (AvgIpc) is 3.32. The summed E-state index contributed by atoms with van der Waals surface area (Å²) in [6, 6.07) is 4.27. The van der Waals surface area contributed by atoms with Crippen LogP contribution >= 0.6 is 34.4 Å². The molecule has 1 aliphatic carbocycles. The molecule has 0 unspecified atom stereocenters. The van der Waals surface area contributed by atoms with E-state index in [4.69, 9.17) is 0 Å². The summed E-state index contributed by atoms with van der Waals surface area (Å²) in [5.41, 5.74) is 0. The van der Waals surface area contributed by atoms with E-state index in [-0.39, 0.29) is 11.9 Å². The topological polar surface area (TPSA) is 58.5 Å². The lowest BCUT2D eigenvalue weighted by atomic mass is 9.94. The van der Waals surface area contributed by atoms with Crippen molar-refractivity contribution < 1.29 is 4.79 Å². The van der Waals surface area contributed by atoms with Gasteiger partial charge >= 0.3 is 0 Å². The Bertz CT molecular complexity index is 819. The maximum Gasteiger partial charge on any atom is 0.267 e. The Kier molecular flexibility index (Phi) is 5.00. The van der Waals surface area contributed by atoms with Crippen molar-refractivity contribution in [3.05, 3.63) is 32.3 Å². The number of aryl methyl sites for hydroxylation is 1. The molecule has 2 aromatic rings. The second-order valence-corrected chi connectivity index (χ2v) is 9.24. The van der Waals surface area contributed by atoms with Gasteiger partial charge in [0.1, 0.15) is 5.01 Å². The fourth-order valence-corrected chi connectivity index (χ4v) is 5.52. The van der Waals surface area contributed by atoms with Gasteiger partial charge in [-0.1, -0.05) is 36.7 Å². The van der Waals surface area contributed by atoms with E-state index in [2.05, 4.69) is 15.2 Å². The normalized spacial score (nSPS) is 22.4. The zero-order chi connectivity index (χ0) is 17.2. The molecular formula is C17H18N4OS3. The lowest BCUT2D eigenvalue weighted by Gasteiger charge is -2.30. The summed E-state index contributed by atoms with van der Waals surface area (Å²) in [6.07, 6.45) is 7.68. The zero-order valence-corrected chi connectivity index (χ0v) is 16.3. The molecule has 2 fully saturated rings. The number of carbonyl (C=O) groups is 1. The van der Waals surface area contributed by atoms with Crippen LogP contribution < -0.4 is 0 Å². The number of carbonyl (C=O) groups excluding carboxylic acids is 1. The Morgan fingerprint density at radius 2 is 2.12 bits per heavy atom. The van der Waals surface area contributed by atoms with Gasteiger partial charge < -0.3 is 0 Å². The second-order valence-electron chi connectivity index (χ2n) is 6.09. The molecule has 8 heteroatoms. The number of thiophene rings is 1. The number of hydrogen-bond acceptors (Lipinski definition) is 7. The Morgan fingerprint density at radius 3 is 2.80 bits per heavy atom. The van der Waals surface area contributed by atoms with Crippen molar-refractivity contribution in [3.8, 4) is 0 Å². The van der Waals surface area contributed by atoms with Crippen molar-refractivity contribution in [3.63, 3.8) is 0 Å². The molecule has 2 aliphatic rings. The van der Waals surface area contributed by atoms with Gasteiger partial charge in [-0.15, -0.1) is 21.5 Å².